The summed E-state index contributed by atoms with van der Waals surface area (Å²) in [5, 5.41) is 19.1. The largest absolute Gasteiger partial charge is 0.135 e. The lowest BCUT2D eigenvalue weighted by molar-refractivity contribution is 1.27. The van der Waals surface area contributed by atoms with Crippen LogP contribution in [0.3, 0.4) is 0 Å². The van der Waals surface area contributed by atoms with Crippen molar-refractivity contribution in [1.29, 1.82) is 0 Å². The summed E-state index contributed by atoms with van der Waals surface area (Å²) in [4.78, 5) is 0. The number of benzene rings is 19. The molecule has 4 aliphatic rings. The predicted molar refractivity (Wildman–Crippen MR) is 586 cm³/mol. The van der Waals surface area contributed by atoms with Gasteiger partial charge in [0, 0.05) is 80.7 Å². The second-order valence-corrected chi connectivity index (χ2v) is 35.3. The Bertz CT molecular complexity index is 7110. The highest BCUT2D eigenvalue weighted by Gasteiger charge is 2.24. The zero-order valence-corrected chi connectivity index (χ0v) is 81.0. The molecule has 0 atom stereocenters. The third kappa shape index (κ3) is 20.9. The van der Waals surface area contributed by atoms with E-state index in [1.165, 1.54) is 213 Å². The van der Waals surface area contributed by atoms with Crippen LogP contribution in [0.4, 0.5) is 0 Å². The van der Waals surface area contributed by atoms with Crippen LogP contribution in [-0.4, -0.2) is 0 Å². The predicted octanol–water partition coefficient (Wildman–Crippen LogP) is 39.5. The van der Waals surface area contributed by atoms with Crippen molar-refractivity contribution in [3.8, 4) is 44.5 Å². The van der Waals surface area contributed by atoms with Crippen LogP contribution in [0.1, 0.15) is 139 Å². The van der Waals surface area contributed by atoms with Gasteiger partial charge < -0.3 is 0 Å². The van der Waals surface area contributed by atoms with E-state index in [2.05, 4.69) is 390 Å². The Hall–Kier alpha value is -13.2. The van der Waals surface area contributed by atoms with Crippen molar-refractivity contribution in [2.75, 3.05) is 0 Å². The fourth-order valence-corrected chi connectivity index (χ4v) is 22.1. The maximum atomic E-state index is 2.41. The summed E-state index contributed by atoms with van der Waals surface area (Å²) in [6, 6.07) is 148. The van der Waals surface area contributed by atoms with E-state index in [-0.39, 0.29) is 0 Å². The molecule has 0 aliphatic heterocycles. The summed E-state index contributed by atoms with van der Waals surface area (Å²) in [5.74, 6) is 0. The smallest absolute Gasteiger partial charge is 0.0361 e. The van der Waals surface area contributed by atoms with Crippen molar-refractivity contribution in [3.05, 3.63) is 468 Å². The topological polar surface area (TPSA) is 0 Å². The Morgan fingerprint density at radius 2 is 0.338 bits per heavy atom. The van der Waals surface area contributed by atoms with Crippen LogP contribution in [0.25, 0.3) is 158 Å². The SMILES string of the molecule is CC.CC.CC.CC.CC.CC.Cc1ccccc1.Cc1ccccc1.c1ccc2c(c1)Cc1cc3c(cc1-2)sc1ccccc13.c1ccc2c(c1)Cc1cc3c(cc1-2)sc1ccccc13.c1ccc2c(c1)Cc1cc3sc4ccccc4c3cc1-2.c1ccc2c(c1)Cc1cc3sc4ccccc4c3cc1-2.c1ccc2cc3ccccc3cc2c1.c1ccc2ccccc2c1. The summed E-state index contributed by atoms with van der Waals surface area (Å²) in [5.41, 5.74) is 25.8. The molecule has 0 bridgehead atoms. The zero-order valence-electron chi connectivity index (χ0n) is 77.7. The average Bonchev–Trinajstić information content (AvgIpc) is 1.61. The summed E-state index contributed by atoms with van der Waals surface area (Å²) in [6.45, 7) is 28.2. The van der Waals surface area contributed by atoms with E-state index < -0.39 is 0 Å². The summed E-state index contributed by atoms with van der Waals surface area (Å²) >= 11 is 7.62. The number of hydrogen-bond donors (Lipinski definition) is 0. The van der Waals surface area contributed by atoms with Crippen LogP contribution in [-0.2, 0) is 25.7 Å². The van der Waals surface area contributed by atoms with Crippen molar-refractivity contribution in [2.24, 2.45) is 0 Å². The van der Waals surface area contributed by atoms with Gasteiger partial charge in [-0.05, 0) is 246 Å². The molecule has 4 heterocycles. The summed E-state index contributed by atoms with van der Waals surface area (Å²) in [7, 11) is 0. The van der Waals surface area contributed by atoms with Crippen LogP contribution >= 0.6 is 45.3 Å². The first-order chi connectivity index (χ1) is 64.3. The normalized spacial score (nSPS) is 11.0. The minimum absolute atomic E-state index is 1.08. The highest BCUT2D eigenvalue weighted by atomic mass is 32.1. The molecule has 0 spiro atoms. The van der Waals surface area contributed by atoms with Crippen LogP contribution in [0, 0.1) is 13.8 Å². The van der Waals surface area contributed by atoms with Crippen molar-refractivity contribution in [3.63, 3.8) is 0 Å². The monoisotopic (exact) mass is 1760 g/mol. The summed E-state index contributed by atoms with van der Waals surface area (Å²) in [6.07, 6.45) is 4.31. The van der Waals surface area contributed by atoms with Gasteiger partial charge in [-0.1, -0.05) is 422 Å². The first kappa shape index (κ1) is 93.0. The molecule has 0 radical (unpaired) electrons. The fourth-order valence-electron chi connectivity index (χ4n) is 17.5. The van der Waals surface area contributed by atoms with Gasteiger partial charge in [-0.3, -0.25) is 0 Å². The van der Waals surface area contributed by atoms with Gasteiger partial charge in [-0.25, -0.2) is 0 Å². The lowest BCUT2D eigenvalue weighted by Crippen LogP contribution is -1.79. The van der Waals surface area contributed by atoms with Crippen LogP contribution in [0.5, 0.6) is 0 Å². The number of fused-ring (bicyclic) bond motifs is 27. The second-order valence-electron chi connectivity index (χ2n) is 31.0. The van der Waals surface area contributed by atoms with Gasteiger partial charge in [0.15, 0.2) is 0 Å². The Morgan fingerprint density at radius 1 is 0.138 bits per heavy atom. The molecule has 646 valence electrons. The molecule has 130 heavy (non-hydrogen) atoms. The minimum Gasteiger partial charge on any atom is -0.135 e. The van der Waals surface area contributed by atoms with E-state index in [0.29, 0.717) is 0 Å². The molecule has 4 aliphatic carbocycles. The molecule has 0 amide bonds. The number of aryl methyl sites for hydroxylation is 2. The van der Waals surface area contributed by atoms with E-state index in [1.807, 2.05) is 165 Å². The van der Waals surface area contributed by atoms with Gasteiger partial charge in [-0.15, -0.1) is 45.3 Å². The van der Waals surface area contributed by atoms with E-state index in [0.717, 1.165) is 25.7 Å². The van der Waals surface area contributed by atoms with Gasteiger partial charge in [0.2, 0.25) is 0 Å². The van der Waals surface area contributed by atoms with Gasteiger partial charge in [0.25, 0.3) is 0 Å². The third-order valence-corrected chi connectivity index (χ3v) is 27.9. The van der Waals surface area contributed by atoms with Gasteiger partial charge >= 0.3 is 0 Å². The van der Waals surface area contributed by atoms with Crippen molar-refractivity contribution >= 4 is 158 Å². The molecule has 0 nitrogen and oxygen atoms in total. The van der Waals surface area contributed by atoms with Crippen molar-refractivity contribution in [2.45, 2.75) is 123 Å². The van der Waals surface area contributed by atoms with E-state index in [9.17, 15) is 0 Å². The second kappa shape index (κ2) is 45.7. The van der Waals surface area contributed by atoms with E-state index in [4.69, 9.17) is 0 Å². The Morgan fingerprint density at radius 3 is 0.600 bits per heavy atom. The van der Waals surface area contributed by atoms with E-state index in [1.54, 1.807) is 0 Å². The molecule has 19 aromatic carbocycles. The molecule has 0 saturated carbocycles. The molecule has 0 N–H and O–H groups in total. The molecule has 23 aromatic rings. The Balaban J connectivity index is 0.000000120. The maximum absolute atomic E-state index is 2.41. The first-order valence-corrected chi connectivity index (χ1v) is 50.0. The molecular formula is C126H118S4. The molecule has 27 rings (SSSR count). The zero-order chi connectivity index (χ0) is 90.8. The molecule has 0 saturated heterocycles. The minimum atomic E-state index is 1.08. The lowest BCUT2D eigenvalue weighted by atomic mass is 10.0. The lowest BCUT2D eigenvalue weighted by Gasteiger charge is -2.01. The average molecular weight is 1760 g/mol. The first-order valence-electron chi connectivity index (χ1n) is 46.7. The standard InChI is InChI=1S/4C19H12S.C14H10.C10H8.2C7H8.6C2H6/c2*1-2-6-14-12(5-1)9-13-10-19-17(11-16(13)14)15-7-3-4-8-18(15)20-19;2*1-2-6-14-12(5-1)9-13-10-17-15-7-3-4-8-18(15)20-19(17)11-16(13)14;1-2-6-12-10-14-8-4-3-7-13(14)9-11(12)5-1;1-2-6-10-8-4-3-7-9(10)5-1;2*1-7-5-3-2-4-6-7;6*1-2/h4*1-8,10-11H,9H2;1-10H;1-8H;2*2-6H,1H3;6*1-2H3. The summed E-state index contributed by atoms with van der Waals surface area (Å²) < 4.78 is 11.2. The molecule has 0 fully saturated rings. The van der Waals surface area contributed by atoms with Crippen molar-refractivity contribution < 1.29 is 0 Å². The Labute approximate surface area is 787 Å². The molecule has 0 unspecified atom stereocenters. The van der Waals surface area contributed by atoms with Gasteiger partial charge in [-0.2, -0.15) is 0 Å². The van der Waals surface area contributed by atoms with Gasteiger partial charge in [0.05, 0.1) is 0 Å². The number of hydrogen-bond acceptors (Lipinski definition) is 4. The molecule has 4 heteroatoms. The maximum Gasteiger partial charge on any atom is 0.0361 e. The fraction of sp³-hybridized carbons (Fsp3) is 0.143. The third-order valence-electron chi connectivity index (χ3n) is 23.3. The van der Waals surface area contributed by atoms with Gasteiger partial charge in [0.1, 0.15) is 0 Å². The van der Waals surface area contributed by atoms with Crippen molar-refractivity contribution in [1.82, 2.24) is 0 Å². The van der Waals surface area contributed by atoms with Crippen LogP contribution in [0.2, 0.25) is 0 Å². The number of thiophene rings is 4. The quantitative estimate of drug-likeness (QED) is 0.133. The highest BCUT2D eigenvalue weighted by Crippen LogP contribution is 2.48. The molecular weight excluding hydrogens is 1640 g/mol. The van der Waals surface area contributed by atoms with Crippen LogP contribution < -0.4 is 0 Å². The van der Waals surface area contributed by atoms with Crippen LogP contribution in [0.15, 0.2) is 413 Å². The highest BCUT2D eigenvalue weighted by molar-refractivity contribution is 7.27. The van der Waals surface area contributed by atoms with E-state index >= 15 is 0 Å². The Kier molecular flexibility index (Phi) is 32.7. The molecule has 4 aromatic heterocycles. The number of rotatable bonds is 0.